The number of nitro groups is 1. The standard InChI is InChI=1S/C16H18N2O2/c1-12(14-6-4-3-5-7-14)17-13(2)15-8-10-16(11-9-15)18(19)20/h3-13,17H,1-2H3/t12-,13+/m1/s1. The van der Waals surface area contributed by atoms with E-state index in [0.717, 1.165) is 5.56 Å². The molecule has 20 heavy (non-hydrogen) atoms. The molecular weight excluding hydrogens is 252 g/mol. The van der Waals surface area contributed by atoms with Crippen LogP contribution in [0.15, 0.2) is 54.6 Å². The lowest BCUT2D eigenvalue weighted by molar-refractivity contribution is -0.384. The molecule has 0 radical (unpaired) electrons. The van der Waals surface area contributed by atoms with E-state index in [1.807, 2.05) is 18.2 Å². The van der Waals surface area contributed by atoms with Crippen molar-refractivity contribution in [2.45, 2.75) is 25.9 Å². The van der Waals surface area contributed by atoms with Crippen molar-refractivity contribution in [1.82, 2.24) is 5.32 Å². The summed E-state index contributed by atoms with van der Waals surface area (Å²) >= 11 is 0. The smallest absolute Gasteiger partial charge is 0.269 e. The summed E-state index contributed by atoms with van der Waals surface area (Å²) in [4.78, 5) is 10.3. The number of hydrogen-bond acceptors (Lipinski definition) is 3. The fourth-order valence-corrected chi connectivity index (χ4v) is 2.19. The number of nitrogens with one attached hydrogen (secondary N) is 1. The molecule has 1 N–H and O–H groups in total. The number of benzene rings is 2. The Labute approximate surface area is 118 Å². The van der Waals surface area contributed by atoms with E-state index in [0.29, 0.717) is 0 Å². The van der Waals surface area contributed by atoms with Crippen molar-refractivity contribution in [2.24, 2.45) is 0 Å². The maximum atomic E-state index is 10.6. The molecule has 0 saturated carbocycles. The molecule has 0 heterocycles. The van der Waals surface area contributed by atoms with E-state index in [1.54, 1.807) is 24.3 Å². The van der Waals surface area contributed by atoms with E-state index >= 15 is 0 Å². The van der Waals surface area contributed by atoms with Crippen LogP contribution in [0.25, 0.3) is 0 Å². The second kappa shape index (κ2) is 6.30. The van der Waals surface area contributed by atoms with Gasteiger partial charge in [0, 0.05) is 24.2 Å². The van der Waals surface area contributed by atoms with Gasteiger partial charge in [0.2, 0.25) is 0 Å². The molecule has 0 aliphatic carbocycles. The van der Waals surface area contributed by atoms with Gasteiger partial charge in [-0.3, -0.25) is 10.1 Å². The van der Waals surface area contributed by atoms with E-state index in [4.69, 9.17) is 0 Å². The highest BCUT2D eigenvalue weighted by atomic mass is 16.6. The van der Waals surface area contributed by atoms with Gasteiger partial charge >= 0.3 is 0 Å². The molecule has 2 aromatic rings. The van der Waals surface area contributed by atoms with Gasteiger partial charge in [-0.2, -0.15) is 0 Å². The van der Waals surface area contributed by atoms with Crippen molar-refractivity contribution < 1.29 is 4.92 Å². The molecule has 0 saturated heterocycles. The molecule has 0 amide bonds. The Bertz CT molecular complexity index is 567. The minimum Gasteiger partial charge on any atom is -0.304 e. The minimum absolute atomic E-state index is 0.122. The Morgan fingerprint density at radius 2 is 1.40 bits per heavy atom. The summed E-state index contributed by atoms with van der Waals surface area (Å²) in [6, 6.07) is 17.2. The molecular formula is C16H18N2O2. The molecule has 0 aliphatic heterocycles. The first-order valence-corrected chi connectivity index (χ1v) is 6.63. The van der Waals surface area contributed by atoms with E-state index in [-0.39, 0.29) is 22.7 Å². The fourth-order valence-electron chi connectivity index (χ4n) is 2.19. The molecule has 0 spiro atoms. The van der Waals surface area contributed by atoms with Crippen LogP contribution in [0, 0.1) is 10.1 Å². The van der Waals surface area contributed by atoms with Gasteiger partial charge in [0.15, 0.2) is 0 Å². The quantitative estimate of drug-likeness (QED) is 0.659. The molecule has 4 nitrogen and oxygen atoms in total. The van der Waals surface area contributed by atoms with Crippen molar-refractivity contribution in [3.8, 4) is 0 Å². The number of hydrogen-bond donors (Lipinski definition) is 1. The predicted octanol–water partition coefficient (Wildman–Crippen LogP) is 4.01. The zero-order chi connectivity index (χ0) is 14.5. The summed E-state index contributed by atoms with van der Waals surface area (Å²) < 4.78 is 0. The molecule has 0 unspecified atom stereocenters. The minimum atomic E-state index is -0.380. The van der Waals surface area contributed by atoms with Crippen LogP contribution in [-0.4, -0.2) is 4.92 Å². The van der Waals surface area contributed by atoms with Crippen LogP contribution in [-0.2, 0) is 0 Å². The second-order valence-corrected chi connectivity index (χ2v) is 4.87. The number of nitrogens with zero attached hydrogens (tertiary/aromatic N) is 1. The molecule has 2 atom stereocenters. The molecule has 0 aromatic heterocycles. The normalized spacial score (nSPS) is 13.7. The fraction of sp³-hybridized carbons (Fsp3) is 0.250. The number of nitro benzene ring substituents is 1. The summed E-state index contributed by atoms with van der Waals surface area (Å²) in [6.45, 7) is 4.16. The highest BCUT2D eigenvalue weighted by molar-refractivity contribution is 5.34. The van der Waals surface area contributed by atoms with Gasteiger partial charge in [-0.1, -0.05) is 42.5 Å². The van der Waals surface area contributed by atoms with Crippen LogP contribution >= 0.6 is 0 Å². The lowest BCUT2D eigenvalue weighted by atomic mass is 10.0. The predicted molar refractivity (Wildman–Crippen MR) is 79.5 cm³/mol. The Morgan fingerprint density at radius 3 is 1.90 bits per heavy atom. The molecule has 0 fully saturated rings. The van der Waals surface area contributed by atoms with E-state index in [9.17, 15) is 10.1 Å². The van der Waals surface area contributed by atoms with Crippen molar-refractivity contribution in [3.63, 3.8) is 0 Å². The van der Waals surface area contributed by atoms with Gasteiger partial charge in [0.1, 0.15) is 0 Å². The van der Waals surface area contributed by atoms with Crippen LogP contribution in [0.4, 0.5) is 5.69 Å². The van der Waals surface area contributed by atoms with Gasteiger partial charge in [-0.25, -0.2) is 0 Å². The van der Waals surface area contributed by atoms with Crippen molar-refractivity contribution in [2.75, 3.05) is 0 Å². The van der Waals surface area contributed by atoms with E-state index in [1.165, 1.54) is 5.56 Å². The van der Waals surface area contributed by atoms with Crippen LogP contribution in [0.1, 0.15) is 37.1 Å². The number of non-ortho nitro benzene ring substituents is 1. The second-order valence-electron chi connectivity index (χ2n) is 4.87. The monoisotopic (exact) mass is 270 g/mol. The SMILES string of the molecule is C[C@H](N[C@H](C)c1ccccc1)c1ccc([N+](=O)[O-])cc1. The largest absolute Gasteiger partial charge is 0.304 e. The van der Waals surface area contributed by atoms with Gasteiger partial charge < -0.3 is 5.32 Å². The Morgan fingerprint density at radius 1 is 0.900 bits per heavy atom. The van der Waals surface area contributed by atoms with Crippen LogP contribution in [0.3, 0.4) is 0 Å². The Hall–Kier alpha value is -2.20. The van der Waals surface area contributed by atoms with E-state index in [2.05, 4.69) is 31.3 Å². The van der Waals surface area contributed by atoms with Gasteiger partial charge in [-0.05, 0) is 25.0 Å². The van der Waals surface area contributed by atoms with Gasteiger partial charge in [-0.15, -0.1) is 0 Å². The summed E-state index contributed by atoms with van der Waals surface area (Å²) in [5.74, 6) is 0. The number of rotatable bonds is 5. The maximum absolute atomic E-state index is 10.6. The van der Waals surface area contributed by atoms with E-state index < -0.39 is 0 Å². The van der Waals surface area contributed by atoms with Crippen LogP contribution < -0.4 is 5.32 Å². The topological polar surface area (TPSA) is 55.2 Å². The van der Waals surface area contributed by atoms with Crippen molar-refractivity contribution >= 4 is 5.69 Å². The first kappa shape index (κ1) is 14.2. The molecule has 2 rings (SSSR count). The summed E-state index contributed by atoms with van der Waals surface area (Å²) in [6.07, 6.45) is 0. The third-order valence-corrected chi connectivity index (χ3v) is 3.40. The van der Waals surface area contributed by atoms with Crippen LogP contribution in [0.2, 0.25) is 0 Å². The average molecular weight is 270 g/mol. The average Bonchev–Trinajstić information content (AvgIpc) is 2.48. The first-order valence-electron chi connectivity index (χ1n) is 6.63. The molecule has 0 aliphatic rings. The highest BCUT2D eigenvalue weighted by Crippen LogP contribution is 2.21. The Balaban J connectivity index is 2.04. The maximum Gasteiger partial charge on any atom is 0.269 e. The third-order valence-electron chi connectivity index (χ3n) is 3.40. The molecule has 4 heteroatoms. The first-order chi connectivity index (χ1) is 9.58. The highest BCUT2D eigenvalue weighted by Gasteiger charge is 2.12. The lowest BCUT2D eigenvalue weighted by Crippen LogP contribution is -2.22. The molecule has 2 aromatic carbocycles. The van der Waals surface area contributed by atoms with Crippen molar-refractivity contribution in [1.29, 1.82) is 0 Å². The van der Waals surface area contributed by atoms with Gasteiger partial charge in [0.25, 0.3) is 5.69 Å². The summed E-state index contributed by atoms with van der Waals surface area (Å²) in [5.41, 5.74) is 2.39. The zero-order valence-corrected chi connectivity index (χ0v) is 11.6. The lowest BCUT2D eigenvalue weighted by Gasteiger charge is -2.20. The van der Waals surface area contributed by atoms with Crippen LogP contribution in [0.5, 0.6) is 0 Å². The molecule has 104 valence electrons. The van der Waals surface area contributed by atoms with Crippen molar-refractivity contribution in [3.05, 3.63) is 75.8 Å². The molecule has 0 bridgehead atoms. The zero-order valence-electron chi connectivity index (χ0n) is 11.6. The summed E-state index contributed by atoms with van der Waals surface area (Å²) in [7, 11) is 0. The Kier molecular flexibility index (Phi) is 4.48. The third kappa shape index (κ3) is 3.42. The summed E-state index contributed by atoms with van der Waals surface area (Å²) in [5, 5.41) is 14.1. The van der Waals surface area contributed by atoms with Gasteiger partial charge in [0.05, 0.1) is 4.92 Å².